The molecule has 0 spiro atoms. The van der Waals surface area contributed by atoms with Gasteiger partial charge in [0, 0.05) is 12.1 Å². The van der Waals surface area contributed by atoms with Crippen LogP contribution in [0.2, 0.25) is 0 Å². The average Bonchev–Trinajstić information content (AvgIpc) is 2.71. The van der Waals surface area contributed by atoms with Crippen LogP contribution >= 0.6 is 0 Å². The van der Waals surface area contributed by atoms with Crippen molar-refractivity contribution in [3.63, 3.8) is 0 Å². The van der Waals surface area contributed by atoms with Gasteiger partial charge in [-0.1, -0.05) is 5.57 Å². The van der Waals surface area contributed by atoms with Crippen LogP contribution < -0.4 is 19.6 Å². The number of ether oxygens (including phenoxy) is 3. The Bertz CT molecular complexity index is 1390. The number of methoxy groups -OCH3 is 1. The van der Waals surface area contributed by atoms with Crippen LogP contribution in [-0.4, -0.2) is 17.8 Å². The van der Waals surface area contributed by atoms with Crippen molar-refractivity contribution in [2.45, 2.75) is 39.4 Å². The Morgan fingerprint density at radius 2 is 1.97 bits per heavy atom. The number of phenols is 1. The number of benzene rings is 2. The number of rotatable bonds is 2. The van der Waals surface area contributed by atoms with E-state index in [9.17, 15) is 9.90 Å². The van der Waals surface area contributed by atoms with E-state index in [1.165, 1.54) is 6.07 Å². The maximum absolute atomic E-state index is 13.7. The predicted octanol–water partition coefficient (Wildman–Crippen LogP) is 5.76. The average molecular weight is 432 g/mol. The van der Waals surface area contributed by atoms with Crippen molar-refractivity contribution >= 4 is 17.0 Å². The van der Waals surface area contributed by atoms with Crippen molar-refractivity contribution in [3.8, 4) is 34.3 Å². The van der Waals surface area contributed by atoms with E-state index in [2.05, 4.69) is 0 Å². The Hall–Kier alpha value is -3.67. The molecule has 164 valence electrons. The Labute approximate surface area is 185 Å². The van der Waals surface area contributed by atoms with Crippen molar-refractivity contribution in [1.82, 2.24) is 0 Å². The van der Waals surface area contributed by atoms with Gasteiger partial charge in [0.15, 0.2) is 5.58 Å². The first-order valence-corrected chi connectivity index (χ1v) is 10.4. The zero-order valence-electron chi connectivity index (χ0n) is 18.6. The van der Waals surface area contributed by atoms with Gasteiger partial charge in [-0.15, -0.1) is 0 Å². The van der Waals surface area contributed by atoms with Gasteiger partial charge in [0.1, 0.15) is 45.8 Å². The molecule has 6 nitrogen and oxygen atoms in total. The van der Waals surface area contributed by atoms with E-state index in [-0.39, 0.29) is 22.1 Å². The van der Waals surface area contributed by atoms with Crippen LogP contribution in [0, 0.1) is 0 Å². The molecule has 2 aromatic carbocycles. The van der Waals surface area contributed by atoms with Crippen molar-refractivity contribution in [2.24, 2.45) is 0 Å². The minimum Gasteiger partial charge on any atom is -0.507 e. The topological polar surface area (TPSA) is 78.1 Å². The number of phenolic OH excluding ortho intramolecular Hbond substituents is 1. The van der Waals surface area contributed by atoms with E-state index in [1.807, 2.05) is 52.0 Å². The van der Waals surface area contributed by atoms with Gasteiger partial charge in [0.25, 0.3) is 0 Å². The van der Waals surface area contributed by atoms with Crippen molar-refractivity contribution in [1.29, 1.82) is 0 Å². The second-order valence-corrected chi connectivity index (χ2v) is 8.87. The lowest BCUT2D eigenvalue weighted by Gasteiger charge is -2.29. The summed E-state index contributed by atoms with van der Waals surface area (Å²) in [6.07, 6.45) is 4.98. The molecule has 3 aromatic rings. The first-order chi connectivity index (χ1) is 15.2. The Morgan fingerprint density at radius 1 is 1.19 bits per heavy atom. The third kappa shape index (κ3) is 3.06. The molecule has 32 heavy (non-hydrogen) atoms. The van der Waals surface area contributed by atoms with Crippen molar-refractivity contribution < 1.29 is 23.7 Å². The van der Waals surface area contributed by atoms with Gasteiger partial charge in [0.05, 0.1) is 23.8 Å². The summed E-state index contributed by atoms with van der Waals surface area (Å²) in [6, 6.07) is 6.86. The van der Waals surface area contributed by atoms with Crippen molar-refractivity contribution in [2.75, 3.05) is 7.11 Å². The highest BCUT2D eigenvalue weighted by molar-refractivity contribution is 5.95. The number of fused-ring (bicyclic) bond motifs is 6. The van der Waals surface area contributed by atoms with E-state index < -0.39 is 11.7 Å². The Kier molecular flexibility index (Phi) is 4.38. The molecule has 0 amide bonds. The normalized spacial score (nSPS) is 17.5. The molecule has 0 saturated heterocycles. The summed E-state index contributed by atoms with van der Waals surface area (Å²) < 4.78 is 23.9. The van der Waals surface area contributed by atoms with Crippen LogP contribution in [0.5, 0.6) is 23.0 Å². The fourth-order valence-corrected chi connectivity index (χ4v) is 4.19. The highest BCUT2D eigenvalue weighted by atomic mass is 16.5. The first-order valence-electron chi connectivity index (χ1n) is 10.4. The van der Waals surface area contributed by atoms with Crippen LogP contribution in [0.4, 0.5) is 0 Å². The Morgan fingerprint density at radius 3 is 2.69 bits per heavy atom. The minimum absolute atomic E-state index is 0.114. The van der Waals surface area contributed by atoms with Crippen LogP contribution in [0.3, 0.4) is 0 Å². The van der Waals surface area contributed by atoms with Gasteiger partial charge in [0.2, 0.25) is 5.43 Å². The van der Waals surface area contributed by atoms with Gasteiger partial charge in [-0.25, -0.2) is 0 Å². The summed E-state index contributed by atoms with van der Waals surface area (Å²) in [6.45, 7) is 7.71. The molecule has 1 aromatic heterocycles. The molecule has 1 N–H and O–H groups in total. The van der Waals surface area contributed by atoms with Crippen LogP contribution in [0.25, 0.3) is 28.4 Å². The van der Waals surface area contributed by atoms with E-state index in [0.717, 1.165) is 5.57 Å². The SMILES string of the molecule is COc1ccc2c(c1)OC(C=C(C)C)c1c-2oc2c3c(cc(O)c2c1=O)OC(C)(C)C=C3. The van der Waals surface area contributed by atoms with E-state index in [4.69, 9.17) is 18.6 Å². The maximum Gasteiger partial charge on any atom is 0.204 e. The summed E-state index contributed by atoms with van der Waals surface area (Å²) in [5.74, 6) is 1.90. The fraction of sp³-hybridized carbons (Fsp3) is 0.269. The second-order valence-electron chi connectivity index (χ2n) is 8.87. The molecule has 6 heteroatoms. The van der Waals surface area contributed by atoms with Gasteiger partial charge >= 0.3 is 0 Å². The third-order valence-corrected chi connectivity index (χ3v) is 5.66. The van der Waals surface area contributed by atoms with Crippen molar-refractivity contribution in [3.05, 3.63) is 63.3 Å². The number of hydrogen-bond acceptors (Lipinski definition) is 6. The van der Waals surface area contributed by atoms with Gasteiger partial charge < -0.3 is 23.7 Å². The largest absolute Gasteiger partial charge is 0.507 e. The maximum atomic E-state index is 13.7. The van der Waals surface area contributed by atoms with Crippen LogP contribution in [0.15, 0.2) is 51.2 Å². The lowest BCUT2D eigenvalue weighted by molar-refractivity contribution is 0.158. The third-order valence-electron chi connectivity index (χ3n) is 5.66. The Balaban J connectivity index is 1.88. The lowest BCUT2D eigenvalue weighted by atomic mass is 9.94. The minimum atomic E-state index is -0.656. The lowest BCUT2D eigenvalue weighted by Crippen LogP contribution is -2.28. The molecule has 0 bridgehead atoms. The molecule has 0 radical (unpaired) electrons. The second kappa shape index (κ2) is 6.92. The fourth-order valence-electron chi connectivity index (χ4n) is 4.19. The molecule has 0 fully saturated rings. The van der Waals surface area contributed by atoms with E-state index in [0.29, 0.717) is 39.7 Å². The molecule has 3 heterocycles. The quantitative estimate of drug-likeness (QED) is 0.519. The molecule has 2 aliphatic rings. The highest BCUT2D eigenvalue weighted by Crippen LogP contribution is 2.47. The van der Waals surface area contributed by atoms with Crippen LogP contribution in [0.1, 0.15) is 44.9 Å². The number of hydrogen-bond donors (Lipinski definition) is 1. The summed E-state index contributed by atoms with van der Waals surface area (Å²) in [7, 11) is 1.59. The van der Waals surface area contributed by atoms with E-state index in [1.54, 1.807) is 19.2 Å². The first kappa shape index (κ1) is 20.2. The molecule has 2 aliphatic heterocycles. The van der Waals surface area contributed by atoms with Gasteiger partial charge in [-0.3, -0.25) is 4.79 Å². The molecular weight excluding hydrogens is 408 g/mol. The molecule has 0 saturated carbocycles. The number of allylic oxidation sites excluding steroid dienone is 1. The molecule has 0 aliphatic carbocycles. The molecular formula is C26H24O6. The summed E-state index contributed by atoms with van der Waals surface area (Å²) >= 11 is 0. The highest BCUT2D eigenvalue weighted by Gasteiger charge is 2.34. The molecule has 1 unspecified atom stereocenters. The zero-order valence-corrected chi connectivity index (χ0v) is 18.6. The predicted molar refractivity (Wildman–Crippen MR) is 123 cm³/mol. The molecule has 5 rings (SSSR count). The summed E-state index contributed by atoms with van der Waals surface area (Å²) in [5.41, 5.74) is 2.04. The monoisotopic (exact) mass is 432 g/mol. The molecule has 1 atom stereocenters. The smallest absolute Gasteiger partial charge is 0.204 e. The van der Waals surface area contributed by atoms with Gasteiger partial charge in [-0.2, -0.15) is 0 Å². The van der Waals surface area contributed by atoms with Gasteiger partial charge in [-0.05, 0) is 58.1 Å². The number of aromatic hydroxyl groups is 1. The van der Waals surface area contributed by atoms with Crippen LogP contribution in [-0.2, 0) is 0 Å². The summed E-state index contributed by atoms with van der Waals surface area (Å²) in [4.78, 5) is 13.7. The summed E-state index contributed by atoms with van der Waals surface area (Å²) in [5, 5.41) is 10.9. The zero-order chi connectivity index (χ0) is 22.8. The van der Waals surface area contributed by atoms with E-state index >= 15 is 0 Å². The standard InChI is InChI=1S/C26H24O6/c1-13(2)10-20-22-23(28)21-17(27)12-19-16(8-9-26(3,4)32-19)24(21)31-25(22)15-7-6-14(29-5)11-18(15)30-20/h6-12,20,27H,1-5H3.